The van der Waals surface area contributed by atoms with Gasteiger partial charge in [-0.25, -0.2) is 9.97 Å². The maximum atomic E-state index is 13.0. The van der Waals surface area contributed by atoms with Crippen molar-refractivity contribution < 1.29 is 27.4 Å². The summed E-state index contributed by atoms with van der Waals surface area (Å²) in [5.41, 5.74) is -0.132. The lowest BCUT2D eigenvalue weighted by Gasteiger charge is -2.33. The monoisotopic (exact) mass is 434 g/mol. The molecule has 1 N–H and O–H groups in total. The molecule has 0 aliphatic carbocycles. The zero-order valence-corrected chi connectivity index (χ0v) is 16.8. The molecule has 2 aliphatic heterocycles. The third-order valence-corrected chi connectivity index (χ3v) is 5.10. The summed E-state index contributed by atoms with van der Waals surface area (Å²) >= 11 is 0. The number of ether oxygens (including phenoxy) is 2. The molecule has 1 fully saturated rings. The van der Waals surface area contributed by atoms with Crippen LogP contribution in [-0.2, 0) is 11.0 Å². The van der Waals surface area contributed by atoms with E-state index in [9.17, 15) is 18.0 Å². The van der Waals surface area contributed by atoms with Crippen molar-refractivity contribution in [2.75, 3.05) is 24.8 Å². The molecule has 1 aromatic carbocycles. The predicted molar refractivity (Wildman–Crippen MR) is 107 cm³/mol. The van der Waals surface area contributed by atoms with Gasteiger partial charge in [-0.3, -0.25) is 4.79 Å². The summed E-state index contributed by atoms with van der Waals surface area (Å²) in [5, 5.41) is 2.94. The number of fused-ring (bicyclic) bond motifs is 1. The van der Waals surface area contributed by atoms with Crippen molar-refractivity contribution in [1.82, 2.24) is 15.3 Å². The Balaban J connectivity index is 1.31. The van der Waals surface area contributed by atoms with Crippen molar-refractivity contribution in [2.24, 2.45) is 0 Å². The second-order valence-corrected chi connectivity index (χ2v) is 7.37. The number of carbonyl (C=O) groups excluding carboxylic acids is 1. The summed E-state index contributed by atoms with van der Waals surface area (Å²) in [6.07, 6.45) is -0.164. The van der Waals surface area contributed by atoms with Gasteiger partial charge in [0.05, 0.1) is 0 Å². The molecule has 0 bridgehead atoms. The van der Waals surface area contributed by atoms with Gasteiger partial charge in [-0.15, -0.1) is 0 Å². The van der Waals surface area contributed by atoms with E-state index >= 15 is 0 Å². The smallest absolute Gasteiger partial charge is 0.433 e. The summed E-state index contributed by atoms with van der Waals surface area (Å²) in [4.78, 5) is 21.7. The summed E-state index contributed by atoms with van der Waals surface area (Å²) in [5.74, 6) is 1.42. The Kier molecular flexibility index (Phi) is 5.71. The van der Waals surface area contributed by atoms with E-state index in [2.05, 4.69) is 15.3 Å². The Morgan fingerprint density at radius 1 is 1.16 bits per heavy atom. The molecule has 164 valence electrons. The Labute approximate surface area is 176 Å². The van der Waals surface area contributed by atoms with Crippen LogP contribution in [0.15, 0.2) is 30.3 Å². The lowest BCUT2D eigenvalue weighted by Crippen LogP contribution is -2.44. The van der Waals surface area contributed by atoms with Gasteiger partial charge in [0.2, 0.25) is 12.7 Å². The highest BCUT2D eigenvalue weighted by molar-refractivity contribution is 5.92. The first-order chi connectivity index (χ1) is 14.8. The number of hydrogen-bond donors (Lipinski definition) is 1. The fourth-order valence-corrected chi connectivity index (χ4v) is 3.55. The van der Waals surface area contributed by atoms with Gasteiger partial charge in [-0.2, -0.15) is 13.2 Å². The summed E-state index contributed by atoms with van der Waals surface area (Å²) in [6, 6.07) is 6.32. The number of rotatable bonds is 4. The number of halogens is 3. The van der Waals surface area contributed by atoms with Crippen LogP contribution in [0.5, 0.6) is 11.5 Å². The number of aryl methyl sites for hydroxylation is 1. The van der Waals surface area contributed by atoms with Crippen LogP contribution in [0.25, 0.3) is 6.08 Å². The van der Waals surface area contributed by atoms with Crippen LogP contribution in [0.3, 0.4) is 0 Å². The number of hydrogen-bond acceptors (Lipinski definition) is 6. The Morgan fingerprint density at radius 3 is 2.65 bits per heavy atom. The quantitative estimate of drug-likeness (QED) is 0.744. The Bertz CT molecular complexity index is 1000. The molecule has 1 amide bonds. The molecule has 2 aromatic rings. The number of nitrogens with one attached hydrogen (secondary N) is 1. The largest absolute Gasteiger partial charge is 0.454 e. The second-order valence-electron chi connectivity index (χ2n) is 7.37. The average molecular weight is 434 g/mol. The van der Waals surface area contributed by atoms with E-state index < -0.39 is 11.9 Å². The third-order valence-electron chi connectivity index (χ3n) is 5.10. The van der Waals surface area contributed by atoms with Crippen molar-refractivity contribution in [2.45, 2.75) is 32.0 Å². The summed E-state index contributed by atoms with van der Waals surface area (Å²) in [7, 11) is 0. The first-order valence-corrected chi connectivity index (χ1v) is 9.84. The van der Waals surface area contributed by atoms with E-state index in [0.29, 0.717) is 37.4 Å². The molecule has 7 nitrogen and oxygen atoms in total. The minimum absolute atomic E-state index is 0.0600. The fraction of sp³-hybridized carbons (Fsp3) is 0.381. The molecular formula is C21H21F3N4O3. The molecule has 2 aliphatic rings. The van der Waals surface area contributed by atoms with Gasteiger partial charge in [0.15, 0.2) is 11.5 Å². The van der Waals surface area contributed by atoms with Crippen LogP contribution in [0, 0.1) is 6.92 Å². The van der Waals surface area contributed by atoms with Crippen LogP contribution in [0.4, 0.5) is 19.0 Å². The minimum Gasteiger partial charge on any atom is -0.454 e. The molecule has 3 heterocycles. The highest BCUT2D eigenvalue weighted by Crippen LogP contribution is 2.33. The number of alkyl halides is 3. The molecule has 1 aromatic heterocycles. The highest BCUT2D eigenvalue weighted by Gasteiger charge is 2.34. The number of carbonyl (C=O) groups is 1. The molecule has 10 heteroatoms. The van der Waals surface area contributed by atoms with E-state index in [-0.39, 0.29) is 30.4 Å². The molecule has 0 atom stereocenters. The zero-order chi connectivity index (χ0) is 22.0. The number of benzene rings is 1. The van der Waals surface area contributed by atoms with Crippen molar-refractivity contribution in [3.8, 4) is 11.5 Å². The number of amides is 1. The number of anilines is 1. The van der Waals surface area contributed by atoms with Crippen LogP contribution < -0.4 is 19.7 Å². The first kappa shape index (κ1) is 21.0. The van der Waals surface area contributed by atoms with Crippen LogP contribution >= 0.6 is 0 Å². The molecule has 1 saturated heterocycles. The number of piperidine rings is 1. The molecular weight excluding hydrogens is 413 g/mol. The van der Waals surface area contributed by atoms with Crippen molar-refractivity contribution in [3.63, 3.8) is 0 Å². The molecule has 31 heavy (non-hydrogen) atoms. The van der Waals surface area contributed by atoms with Crippen LogP contribution in [-0.4, -0.2) is 41.8 Å². The Morgan fingerprint density at radius 2 is 1.90 bits per heavy atom. The molecule has 0 unspecified atom stereocenters. The maximum Gasteiger partial charge on any atom is 0.433 e. The van der Waals surface area contributed by atoms with E-state index in [1.165, 1.54) is 13.0 Å². The topological polar surface area (TPSA) is 76.6 Å². The highest BCUT2D eigenvalue weighted by atomic mass is 19.4. The van der Waals surface area contributed by atoms with Crippen molar-refractivity contribution in [1.29, 1.82) is 0 Å². The van der Waals surface area contributed by atoms with Crippen molar-refractivity contribution >= 4 is 17.8 Å². The summed E-state index contributed by atoms with van der Waals surface area (Å²) in [6.45, 7) is 2.61. The van der Waals surface area contributed by atoms with Gasteiger partial charge in [0, 0.05) is 31.3 Å². The molecule has 0 saturated carbocycles. The predicted octanol–water partition coefficient (Wildman–Crippen LogP) is 3.33. The lowest BCUT2D eigenvalue weighted by atomic mass is 10.0. The van der Waals surface area contributed by atoms with E-state index in [1.54, 1.807) is 23.1 Å². The van der Waals surface area contributed by atoms with E-state index in [1.807, 2.05) is 6.07 Å². The maximum absolute atomic E-state index is 13.0. The first-order valence-electron chi connectivity index (χ1n) is 9.84. The SMILES string of the molecule is Cc1nc(N2CCC(NC(=O)/C=C/c3ccc4c(c3)OCO4)CC2)cc(C(F)(F)F)n1. The average Bonchev–Trinajstić information content (AvgIpc) is 3.19. The van der Waals surface area contributed by atoms with Gasteiger partial charge in [0.1, 0.15) is 17.3 Å². The molecule has 4 rings (SSSR count). The van der Waals surface area contributed by atoms with Gasteiger partial charge in [-0.1, -0.05) is 6.07 Å². The lowest BCUT2D eigenvalue weighted by molar-refractivity contribution is -0.141. The van der Waals surface area contributed by atoms with Crippen molar-refractivity contribution in [3.05, 3.63) is 47.4 Å². The van der Waals surface area contributed by atoms with Gasteiger partial charge >= 0.3 is 6.18 Å². The minimum atomic E-state index is -4.51. The third kappa shape index (κ3) is 5.07. The Hall–Kier alpha value is -3.30. The normalized spacial score (nSPS) is 16.7. The number of nitrogens with zero attached hydrogens (tertiary/aromatic N) is 3. The fourth-order valence-electron chi connectivity index (χ4n) is 3.55. The zero-order valence-electron chi connectivity index (χ0n) is 16.8. The van der Waals surface area contributed by atoms with Gasteiger partial charge < -0.3 is 19.7 Å². The van der Waals surface area contributed by atoms with Crippen LogP contribution in [0.1, 0.15) is 29.9 Å². The number of aromatic nitrogens is 2. The van der Waals surface area contributed by atoms with Gasteiger partial charge in [0.25, 0.3) is 0 Å². The molecule has 0 radical (unpaired) electrons. The summed E-state index contributed by atoms with van der Waals surface area (Å²) < 4.78 is 49.6. The van der Waals surface area contributed by atoms with E-state index in [4.69, 9.17) is 9.47 Å². The van der Waals surface area contributed by atoms with Crippen LogP contribution in [0.2, 0.25) is 0 Å². The van der Waals surface area contributed by atoms with E-state index in [0.717, 1.165) is 11.6 Å². The second kappa shape index (κ2) is 8.44. The standard InChI is InChI=1S/C21H21F3N4O3/c1-13-25-18(21(22,23)24)11-19(26-13)28-8-6-15(7-9-28)27-20(29)5-3-14-2-4-16-17(10-14)31-12-30-16/h2-5,10-11,15H,6-9,12H2,1H3,(H,27,29)/b5-3+. The van der Waals surface area contributed by atoms with Gasteiger partial charge in [-0.05, 0) is 43.5 Å². The molecule has 0 spiro atoms.